The smallest absolute Gasteiger partial charge is 0.329 e. The van der Waals surface area contributed by atoms with Crippen molar-refractivity contribution in [1.29, 1.82) is 0 Å². The van der Waals surface area contributed by atoms with Gasteiger partial charge in [-0.15, -0.1) is 11.3 Å². The first kappa shape index (κ1) is 22.2. The van der Waals surface area contributed by atoms with Crippen LogP contribution in [0.3, 0.4) is 0 Å². The average Bonchev–Trinajstić information content (AvgIpc) is 3.34. The number of hydrogen-bond acceptors (Lipinski definition) is 7. The summed E-state index contributed by atoms with van der Waals surface area (Å²) >= 11 is 1.28. The molecule has 160 valence electrons. The molecule has 0 radical (unpaired) electrons. The van der Waals surface area contributed by atoms with E-state index < -0.39 is 12.0 Å². The van der Waals surface area contributed by atoms with Crippen molar-refractivity contribution in [1.82, 2.24) is 0 Å². The van der Waals surface area contributed by atoms with Crippen molar-refractivity contribution >= 4 is 34.6 Å². The molecule has 0 bridgehead atoms. The van der Waals surface area contributed by atoms with E-state index in [2.05, 4.69) is 5.32 Å². The summed E-state index contributed by atoms with van der Waals surface area (Å²) in [7, 11) is 0. The van der Waals surface area contributed by atoms with E-state index in [9.17, 15) is 14.4 Å². The largest absolute Gasteiger partial charge is 0.494 e. The second-order valence-corrected chi connectivity index (χ2v) is 7.60. The van der Waals surface area contributed by atoms with Crippen LogP contribution in [0.2, 0.25) is 0 Å². The molecule has 2 aromatic carbocycles. The van der Waals surface area contributed by atoms with E-state index >= 15 is 0 Å². The maximum Gasteiger partial charge on any atom is 0.329 e. The third kappa shape index (κ3) is 6.52. The lowest BCUT2D eigenvalue weighted by molar-refractivity contribution is -0.143. The Morgan fingerprint density at radius 2 is 1.68 bits per heavy atom. The Morgan fingerprint density at radius 3 is 2.32 bits per heavy atom. The molecule has 3 aromatic rings. The molecule has 0 aliphatic carbocycles. The van der Waals surface area contributed by atoms with Crippen LogP contribution in [0.25, 0.3) is 0 Å². The number of anilines is 1. The van der Waals surface area contributed by atoms with Crippen LogP contribution in [0.4, 0.5) is 5.69 Å². The first-order chi connectivity index (χ1) is 15.1. The molecular formula is C24H23NO5S. The Labute approximate surface area is 184 Å². The summed E-state index contributed by atoms with van der Waals surface area (Å²) in [6, 6.07) is 18.3. The second-order valence-electron chi connectivity index (χ2n) is 6.66. The molecule has 0 fully saturated rings. The van der Waals surface area contributed by atoms with E-state index in [1.54, 1.807) is 66.0 Å². The first-order valence-electron chi connectivity index (χ1n) is 9.88. The molecule has 7 heteroatoms. The van der Waals surface area contributed by atoms with Gasteiger partial charge in [-0.25, -0.2) is 4.79 Å². The van der Waals surface area contributed by atoms with Gasteiger partial charge < -0.3 is 14.8 Å². The zero-order valence-electron chi connectivity index (χ0n) is 17.1. The summed E-state index contributed by atoms with van der Waals surface area (Å²) in [4.78, 5) is 38.1. The topological polar surface area (TPSA) is 81.7 Å². The highest BCUT2D eigenvalue weighted by Crippen LogP contribution is 2.19. The highest BCUT2D eigenvalue weighted by molar-refractivity contribution is 7.12. The standard InChI is InChI=1S/C24H23NO5S/c1-2-29-19-12-10-18(11-13-19)25-20(15-21(26)17-7-4-3-5-8-17)24(28)30-16-22(27)23-9-6-14-31-23/h3-14,20,25H,2,15-16H2,1H3. The van der Waals surface area contributed by atoms with Gasteiger partial charge in [0, 0.05) is 17.7 Å². The van der Waals surface area contributed by atoms with Gasteiger partial charge in [0.25, 0.3) is 0 Å². The third-order valence-electron chi connectivity index (χ3n) is 4.42. The van der Waals surface area contributed by atoms with Crippen molar-refractivity contribution in [3.05, 3.63) is 82.6 Å². The predicted molar refractivity (Wildman–Crippen MR) is 120 cm³/mol. The zero-order chi connectivity index (χ0) is 22.1. The number of nitrogens with one attached hydrogen (secondary N) is 1. The van der Waals surface area contributed by atoms with Crippen LogP contribution >= 0.6 is 11.3 Å². The molecule has 0 spiro atoms. The van der Waals surface area contributed by atoms with Crippen LogP contribution in [0, 0.1) is 0 Å². The number of ether oxygens (including phenoxy) is 2. The van der Waals surface area contributed by atoms with Crippen LogP contribution < -0.4 is 10.1 Å². The molecule has 1 atom stereocenters. The number of ketones is 2. The van der Waals surface area contributed by atoms with Gasteiger partial charge in [-0.3, -0.25) is 9.59 Å². The minimum Gasteiger partial charge on any atom is -0.494 e. The van der Waals surface area contributed by atoms with Crippen molar-refractivity contribution < 1.29 is 23.9 Å². The molecule has 0 aliphatic rings. The van der Waals surface area contributed by atoms with Gasteiger partial charge in [0.15, 0.2) is 12.4 Å². The normalized spacial score (nSPS) is 11.4. The van der Waals surface area contributed by atoms with E-state index in [1.165, 1.54) is 11.3 Å². The number of hydrogen-bond donors (Lipinski definition) is 1. The number of esters is 1. The predicted octanol–water partition coefficient (Wildman–Crippen LogP) is 4.63. The molecule has 1 aromatic heterocycles. The number of carbonyl (C=O) groups is 3. The summed E-state index contributed by atoms with van der Waals surface area (Å²) in [5, 5.41) is 4.83. The average molecular weight is 438 g/mol. The van der Waals surface area contributed by atoms with Gasteiger partial charge in [0.05, 0.1) is 11.5 Å². The molecule has 3 rings (SSSR count). The third-order valence-corrected chi connectivity index (χ3v) is 5.33. The Hall–Kier alpha value is -3.45. The van der Waals surface area contributed by atoms with E-state index in [1.807, 2.05) is 13.0 Å². The minimum absolute atomic E-state index is 0.108. The van der Waals surface area contributed by atoms with Gasteiger partial charge in [0.2, 0.25) is 5.78 Å². The Kier molecular flexibility index (Phi) is 7.95. The van der Waals surface area contributed by atoms with E-state index in [0.29, 0.717) is 28.5 Å². The quantitative estimate of drug-likeness (QED) is 0.348. The van der Waals surface area contributed by atoms with E-state index in [-0.39, 0.29) is 24.6 Å². The van der Waals surface area contributed by atoms with Crippen molar-refractivity contribution in [3.8, 4) is 5.75 Å². The molecule has 1 unspecified atom stereocenters. The number of thiophene rings is 1. The lowest BCUT2D eigenvalue weighted by Gasteiger charge is -2.18. The fourth-order valence-electron chi connectivity index (χ4n) is 2.88. The summed E-state index contributed by atoms with van der Waals surface area (Å²) in [6.07, 6.45) is -0.108. The van der Waals surface area contributed by atoms with Crippen molar-refractivity contribution in [2.24, 2.45) is 0 Å². The number of carbonyl (C=O) groups excluding carboxylic acids is 3. The van der Waals surface area contributed by atoms with E-state index in [0.717, 1.165) is 0 Å². The van der Waals surface area contributed by atoms with Gasteiger partial charge in [0.1, 0.15) is 11.8 Å². The number of Topliss-reactive ketones (excluding diaryl/α,β-unsaturated/α-hetero) is 2. The van der Waals surface area contributed by atoms with Crippen LogP contribution in [0.5, 0.6) is 5.75 Å². The van der Waals surface area contributed by atoms with Crippen LogP contribution in [0.15, 0.2) is 72.1 Å². The second kappa shape index (κ2) is 11.1. The zero-order valence-corrected chi connectivity index (χ0v) is 17.9. The molecule has 0 aliphatic heterocycles. The Balaban J connectivity index is 1.70. The number of rotatable bonds is 11. The molecule has 1 N–H and O–H groups in total. The maximum atomic E-state index is 12.7. The number of benzene rings is 2. The van der Waals surface area contributed by atoms with Crippen LogP contribution in [-0.2, 0) is 9.53 Å². The summed E-state index contributed by atoms with van der Waals surface area (Å²) in [5.74, 6) is -0.444. The van der Waals surface area contributed by atoms with Gasteiger partial charge >= 0.3 is 5.97 Å². The van der Waals surface area contributed by atoms with Crippen LogP contribution in [0.1, 0.15) is 33.4 Å². The first-order valence-corrected chi connectivity index (χ1v) is 10.8. The lowest BCUT2D eigenvalue weighted by Crippen LogP contribution is -2.34. The molecule has 0 saturated heterocycles. The van der Waals surface area contributed by atoms with Crippen LogP contribution in [-0.4, -0.2) is 36.8 Å². The molecule has 1 heterocycles. The molecular weight excluding hydrogens is 414 g/mol. The molecule has 0 amide bonds. The van der Waals surface area contributed by atoms with Gasteiger partial charge in [-0.2, -0.15) is 0 Å². The fraction of sp³-hybridized carbons (Fsp3) is 0.208. The van der Waals surface area contributed by atoms with Gasteiger partial charge in [-0.1, -0.05) is 36.4 Å². The van der Waals surface area contributed by atoms with Crippen molar-refractivity contribution in [2.45, 2.75) is 19.4 Å². The monoisotopic (exact) mass is 437 g/mol. The SMILES string of the molecule is CCOc1ccc(NC(CC(=O)c2ccccc2)C(=O)OCC(=O)c2cccs2)cc1. The molecule has 0 saturated carbocycles. The van der Waals surface area contributed by atoms with Crippen molar-refractivity contribution in [2.75, 3.05) is 18.5 Å². The Bertz CT molecular complexity index is 1000. The van der Waals surface area contributed by atoms with Crippen molar-refractivity contribution in [3.63, 3.8) is 0 Å². The minimum atomic E-state index is -0.943. The molecule has 6 nitrogen and oxygen atoms in total. The Morgan fingerprint density at radius 1 is 0.935 bits per heavy atom. The van der Waals surface area contributed by atoms with E-state index in [4.69, 9.17) is 9.47 Å². The summed E-state index contributed by atoms with van der Waals surface area (Å²) in [5.41, 5.74) is 1.14. The lowest BCUT2D eigenvalue weighted by atomic mass is 10.0. The fourth-order valence-corrected chi connectivity index (χ4v) is 3.53. The van der Waals surface area contributed by atoms with Gasteiger partial charge in [-0.05, 0) is 42.6 Å². The maximum absolute atomic E-state index is 12.7. The highest BCUT2D eigenvalue weighted by atomic mass is 32.1. The molecule has 31 heavy (non-hydrogen) atoms. The summed E-state index contributed by atoms with van der Waals surface area (Å²) < 4.78 is 10.7. The highest BCUT2D eigenvalue weighted by Gasteiger charge is 2.25. The summed E-state index contributed by atoms with van der Waals surface area (Å²) in [6.45, 7) is 2.07.